The van der Waals surface area contributed by atoms with Crippen LogP contribution in [0, 0.1) is 5.92 Å². The third-order valence-corrected chi connectivity index (χ3v) is 6.72. The average molecular weight is 482 g/mol. The molecule has 0 unspecified atom stereocenters. The van der Waals surface area contributed by atoms with E-state index < -0.39 is 0 Å². The predicted molar refractivity (Wildman–Crippen MR) is 137 cm³/mol. The van der Waals surface area contributed by atoms with Gasteiger partial charge in [-0.05, 0) is 74.7 Å². The standard InChI is InChI=1S/C27H27N7O2/c35-26(17-3-4-17)31-21-11-19(14-28-15-21)18-5-6-24-23(12-18)25(33-32-24)27(36)30-20-7-8-29-22(13-20)16-34-9-1-2-10-34/h5-8,11-15,17H,1-4,9-10,16H2,(H,31,35)(H,32,33)(H,29,30,36). The summed E-state index contributed by atoms with van der Waals surface area (Å²) in [5, 5.41) is 13.8. The lowest BCUT2D eigenvalue weighted by Gasteiger charge is -2.14. The molecule has 36 heavy (non-hydrogen) atoms. The zero-order valence-electron chi connectivity index (χ0n) is 19.8. The van der Waals surface area contributed by atoms with Crippen LogP contribution in [0.2, 0.25) is 0 Å². The first-order valence-corrected chi connectivity index (χ1v) is 12.4. The van der Waals surface area contributed by atoms with Gasteiger partial charge in [-0.3, -0.25) is 29.6 Å². The molecule has 2 amide bonds. The van der Waals surface area contributed by atoms with Crippen molar-refractivity contribution in [3.63, 3.8) is 0 Å². The van der Waals surface area contributed by atoms with E-state index in [1.165, 1.54) is 12.8 Å². The van der Waals surface area contributed by atoms with Gasteiger partial charge < -0.3 is 10.6 Å². The van der Waals surface area contributed by atoms with Gasteiger partial charge in [0.25, 0.3) is 5.91 Å². The van der Waals surface area contributed by atoms with Crippen molar-refractivity contribution in [1.29, 1.82) is 0 Å². The Morgan fingerprint density at radius 1 is 0.972 bits per heavy atom. The zero-order chi connectivity index (χ0) is 24.5. The quantitative estimate of drug-likeness (QED) is 0.364. The normalized spacial score (nSPS) is 15.8. The van der Waals surface area contributed by atoms with Gasteiger partial charge >= 0.3 is 0 Å². The second-order valence-corrected chi connectivity index (χ2v) is 9.53. The Morgan fingerprint density at radius 3 is 2.67 bits per heavy atom. The number of pyridine rings is 2. The second-order valence-electron chi connectivity index (χ2n) is 9.53. The van der Waals surface area contributed by atoms with E-state index in [0.29, 0.717) is 22.5 Å². The zero-order valence-corrected chi connectivity index (χ0v) is 19.8. The first kappa shape index (κ1) is 22.4. The topological polar surface area (TPSA) is 116 Å². The van der Waals surface area contributed by atoms with Crippen molar-refractivity contribution in [3.05, 3.63) is 66.4 Å². The van der Waals surface area contributed by atoms with Crippen molar-refractivity contribution in [2.45, 2.75) is 32.2 Å². The number of fused-ring (bicyclic) bond motifs is 1. The van der Waals surface area contributed by atoms with Crippen molar-refractivity contribution in [2.24, 2.45) is 5.92 Å². The largest absolute Gasteiger partial charge is 0.324 e. The predicted octanol–water partition coefficient (Wildman–Crippen LogP) is 4.22. The van der Waals surface area contributed by atoms with Crippen molar-refractivity contribution in [3.8, 4) is 11.1 Å². The van der Waals surface area contributed by atoms with E-state index in [9.17, 15) is 9.59 Å². The summed E-state index contributed by atoms with van der Waals surface area (Å²) in [6.45, 7) is 2.96. The maximum Gasteiger partial charge on any atom is 0.276 e. The lowest BCUT2D eigenvalue weighted by molar-refractivity contribution is -0.117. The van der Waals surface area contributed by atoms with Crippen molar-refractivity contribution in [1.82, 2.24) is 25.1 Å². The fourth-order valence-electron chi connectivity index (χ4n) is 4.63. The van der Waals surface area contributed by atoms with Crippen molar-refractivity contribution in [2.75, 3.05) is 23.7 Å². The van der Waals surface area contributed by atoms with E-state index >= 15 is 0 Å². The van der Waals surface area contributed by atoms with E-state index in [-0.39, 0.29) is 17.7 Å². The number of aromatic amines is 1. The first-order valence-electron chi connectivity index (χ1n) is 12.4. The lowest BCUT2D eigenvalue weighted by atomic mass is 10.0. The average Bonchev–Trinajstić information content (AvgIpc) is 3.46. The van der Waals surface area contributed by atoms with Crippen LogP contribution in [0.15, 0.2) is 55.0 Å². The summed E-state index contributed by atoms with van der Waals surface area (Å²) >= 11 is 0. The SMILES string of the molecule is O=C(Nc1ccnc(CN2CCCC2)c1)c1n[nH]c2ccc(-c3cncc(NC(=O)C4CC4)c3)cc12. The Labute approximate surface area is 208 Å². The number of hydrogen-bond donors (Lipinski definition) is 3. The molecule has 9 heteroatoms. The monoisotopic (exact) mass is 481 g/mol. The van der Waals surface area contributed by atoms with Gasteiger partial charge in [0.2, 0.25) is 5.91 Å². The van der Waals surface area contributed by atoms with E-state index in [1.54, 1.807) is 24.7 Å². The van der Waals surface area contributed by atoms with E-state index in [0.717, 1.165) is 54.8 Å². The molecule has 2 aliphatic rings. The van der Waals surface area contributed by atoms with Crippen LogP contribution in [0.25, 0.3) is 22.0 Å². The Balaban J connectivity index is 1.22. The Kier molecular flexibility index (Phi) is 5.90. The van der Waals surface area contributed by atoms with Gasteiger partial charge in [-0.2, -0.15) is 5.10 Å². The summed E-state index contributed by atoms with van der Waals surface area (Å²) in [4.78, 5) is 36.4. The maximum absolute atomic E-state index is 13.2. The molecular weight excluding hydrogens is 454 g/mol. The van der Waals surface area contributed by atoms with E-state index in [1.807, 2.05) is 30.3 Å². The fourth-order valence-corrected chi connectivity index (χ4v) is 4.63. The molecule has 0 spiro atoms. The summed E-state index contributed by atoms with van der Waals surface area (Å²) in [5.74, 6) is -0.133. The third-order valence-electron chi connectivity index (χ3n) is 6.72. The first-order chi connectivity index (χ1) is 17.6. The second kappa shape index (κ2) is 9.50. The molecular formula is C27H27N7O2. The van der Waals surface area contributed by atoms with Gasteiger partial charge in [-0.15, -0.1) is 0 Å². The van der Waals surface area contributed by atoms with Crippen LogP contribution >= 0.6 is 0 Å². The summed E-state index contributed by atoms with van der Waals surface area (Å²) in [7, 11) is 0. The summed E-state index contributed by atoms with van der Waals surface area (Å²) in [6.07, 6.45) is 9.45. The minimum Gasteiger partial charge on any atom is -0.324 e. The number of carbonyl (C=O) groups excluding carboxylic acids is 2. The molecule has 0 bridgehead atoms. The van der Waals surface area contributed by atoms with Crippen LogP contribution in [0.1, 0.15) is 41.9 Å². The van der Waals surface area contributed by atoms with Crippen LogP contribution in [0.3, 0.4) is 0 Å². The molecule has 1 aliphatic carbocycles. The van der Waals surface area contributed by atoms with Gasteiger partial charge in [0.15, 0.2) is 5.69 Å². The highest BCUT2D eigenvalue weighted by molar-refractivity contribution is 6.11. The number of H-pyrrole nitrogens is 1. The molecule has 1 aromatic carbocycles. The lowest BCUT2D eigenvalue weighted by Crippen LogP contribution is -2.19. The number of rotatable bonds is 7. The molecule has 3 aromatic heterocycles. The number of amides is 2. The van der Waals surface area contributed by atoms with E-state index in [4.69, 9.17) is 0 Å². The summed E-state index contributed by atoms with van der Waals surface area (Å²) in [6, 6.07) is 11.4. The maximum atomic E-state index is 13.2. The van der Waals surface area contributed by atoms with Crippen LogP contribution in [0.4, 0.5) is 11.4 Å². The van der Waals surface area contributed by atoms with Crippen LogP contribution in [0.5, 0.6) is 0 Å². The number of aromatic nitrogens is 4. The summed E-state index contributed by atoms with van der Waals surface area (Å²) in [5.41, 5.74) is 5.10. The van der Waals surface area contributed by atoms with Gasteiger partial charge in [-0.25, -0.2) is 0 Å². The van der Waals surface area contributed by atoms with Crippen LogP contribution in [-0.4, -0.2) is 50.0 Å². The van der Waals surface area contributed by atoms with Crippen LogP contribution < -0.4 is 10.6 Å². The molecule has 4 heterocycles. The Bertz CT molecular complexity index is 1440. The highest BCUT2D eigenvalue weighted by atomic mass is 16.2. The Morgan fingerprint density at radius 2 is 1.83 bits per heavy atom. The minimum absolute atomic E-state index is 0.0397. The molecule has 6 rings (SSSR count). The molecule has 1 saturated carbocycles. The molecule has 9 nitrogen and oxygen atoms in total. The van der Waals surface area contributed by atoms with E-state index in [2.05, 4.69) is 35.7 Å². The number of nitrogens with zero attached hydrogens (tertiary/aromatic N) is 4. The number of carbonyl (C=O) groups is 2. The van der Waals surface area contributed by atoms with Crippen molar-refractivity contribution < 1.29 is 9.59 Å². The van der Waals surface area contributed by atoms with Crippen molar-refractivity contribution >= 4 is 34.1 Å². The van der Waals surface area contributed by atoms with Gasteiger partial charge in [0.1, 0.15) is 0 Å². The summed E-state index contributed by atoms with van der Waals surface area (Å²) < 4.78 is 0. The number of anilines is 2. The van der Waals surface area contributed by atoms with Gasteiger partial charge in [-0.1, -0.05) is 6.07 Å². The highest BCUT2D eigenvalue weighted by Crippen LogP contribution is 2.31. The van der Waals surface area contributed by atoms with Gasteiger partial charge in [0, 0.05) is 41.5 Å². The highest BCUT2D eigenvalue weighted by Gasteiger charge is 2.29. The third kappa shape index (κ3) is 4.83. The molecule has 0 atom stereocenters. The fraction of sp³-hybridized carbons (Fsp3) is 0.296. The molecule has 0 radical (unpaired) electrons. The smallest absolute Gasteiger partial charge is 0.276 e. The number of nitrogens with one attached hydrogen (secondary N) is 3. The van der Waals surface area contributed by atoms with Crippen LogP contribution in [-0.2, 0) is 11.3 Å². The number of likely N-dealkylation sites (tertiary alicyclic amines) is 1. The minimum atomic E-state index is -0.291. The molecule has 2 fully saturated rings. The molecule has 4 aromatic rings. The Hall–Kier alpha value is -4.11. The number of benzene rings is 1. The number of hydrogen-bond acceptors (Lipinski definition) is 6. The van der Waals surface area contributed by atoms with Gasteiger partial charge in [0.05, 0.1) is 23.1 Å². The molecule has 1 saturated heterocycles. The molecule has 1 aliphatic heterocycles. The molecule has 182 valence electrons. The molecule has 3 N–H and O–H groups in total.